The molecule has 0 fully saturated rings. The van der Waals surface area contributed by atoms with Crippen LogP contribution in [0.4, 0.5) is 0 Å². The summed E-state index contributed by atoms with van der Waals surface area (Å²) in [5.41, 5.74) is 0. The molecule has 0 aromatic rings. The van der Waals surface area contributed by atoms with Gasteiger partial charge in [-0.2, -0.15) is 0 Å². The van der Waals surface area contributed by atoms with Gasteiger partial charge in [-0.05, 0) is 6.42 Å². The van der Waals surface area contributed by atoms with Crippen molar-refractivity contribution in [3.8, 4) is 0 Å². The Balaban J connectivity index is 4.00. The van der Waals surface area contributed by atoms with Crippen LogP contribution in [0.1, 0.15) is 32.6 Å². The van der Waals surface area contributed by atoms with Gasteiger partial charge in [0.25, 0.3) is 0 Å². The van der Waals surface area contributed by atoms with Gasteiger partial charge in [-0.25, -0.2) is 0 Å². The number of aliphatic carboxylic acids is 1. The fraction of sp³-hybridized carbons (Fsp3) is 0.700. The molecule has 1 atom stereocenters. The number of rotatable bonds is 9. The van der Waals surface area contributed by atoms with Crippen molar-refractivity contribution in [1.29, 1.82) is 0 Å². The van der Waals surface area contributed by atoms with Crippen molar-refractivity contribution in [2.24, 2.45) is 0 Å². The molecule has 0 aliphatic carbocycles. The van der Waals surface area contributed by atoms with Gasteiger partial charge in [0.1, 0.15) is 0 Å². The number of Topliss-reactive ketones (excluding diaryl/α,β-unsaturated/α-hetero) is 1. The van der Waals surface area contributed by atoms with Crippen LogP contribution in [0.5, 0.6) is 0 Å². The summed E-state index contributed by atoms with van der Waals surface area (Å²) in [4.78, 5) is 31.7. The molecule has 86 valence electrons. The van der Waals surface area contributed by atoms with Gasteiger partial charge >= 0.3 is 5.97 Å². The van der Waals surface area contributed by atoms with Crippen LogP contribution in [0, 0.1) is 0 Å². The van der Waals surface area contributed by atoms with Gasteiger partial charge in [0, 0.05) is 0 Å². The predicted octanol–water partition coefficient (Wildman–Crippen LogP) is 0.377. The summed E-state index contributed by atoms with van der Waals surface area (Å²) < 4.78 is 0. The average Bonchev–Trinajstić information content (AvgIpc) is 2.21. The van der Waals surface area contributed by atoms with Gasteiger partial charge in [-0.15, -0.1) is 0 Å². The summed E-state index contributed by atoms with van der Waals surface area (Å²) in [6, 6.07) is -0.648. The first-order valence-electron chi connectivity index (χ1n) is 5.06. The van der Waals surface area contributed by atoms with E-state index in [1.165, 1.54) is 0 Å². The average molecular weight is 215 g/mol. The van der Waals surface area contributed by atoms with Crippen molar-refractivity contribution in [3.05, 3.63) is 0 Å². The second-order valence-electron chi connectivity index (χ2n) is 3.34. The molecule has 0 aromatic carbocycles. The van der Waals surface area contributed by atoms with Gasteiger partial charge in [-0.1, -0.05) is 26.2 Å². The first-order valence-corrected chi connectivity index (χ1v) is 5.06. The highest BCUT2D eigenvalue weighted by atomic mass is 16.4. The Morgan fingerprint density at radius 3 is 2.53 bits per heavy atom. The topological polar surface area (TPSA) is 83.5 Å². The first-order chi connectivity index (χ1) is 7.11. The zero-order valence-corrected chi connectivity index (χ0v) is 8.86. The molecule has 1 unspecified atom stereocenters. The molecule has 0 radical (unpaired) electrons. The SMILES string of the molecule is CCCCCC(NCC(=O)O)C(=O)C=O. The maximum Gasteiger partial charge on any atom is 0.317 e. The number of hydrogen-bond donors (Lipinski definition) is 2. The maximum atomic E-state index is 11.1. The van der Waals surface area contributed by atoms with Gasteiger partial charge in [0.2, 0.25) is 5.78 Å². The first kappa shape index (κ1) is 13.8. The van der Waals surface area contributed by atoms with E-state index < -0.39 is 17.8 Å². The summed E-state index contributed by atoms with van der Waals surface area (Å²) in [5, 5.41) is 11.0. The molecule has 0 saturated carbocycles. The predicted molar refractivity (Wildman–Crippen MR) is 54.6 cm³/mol. The molecule has 0 spiro atoms. The summed E-state index contributed by atoms with van der Waals surface area (Å²) in [6.07, 6.45) is 3.55. The molecule has 2 N–H and O–H groups in total. The van der Waals surface area contributed by atoms with E-state index in [0.29, 0.717) is 6.42 Å². The van der Waals surface area contributed by atoms with Gasteiger partial charge in [0.05, 0.1) is 12.6 Å². The van der Waals surface area contributed by atoms with Gasteiger partial charge < -0.3 is 5.11 Å². The molecule has 0 aliphatic rings. The Hall–Kier alpha value is -1.23. The van der Waals surface area contributed by atoms with E-state index in [1.807, 2.05) is 6.92 Å². The van der Waals surface area contributed by atoms with E-state index in [0.717, 1.165) is 19.3 Å². The molecule has 0 amide bonds. The summed E-state index contributed by atoms with van der Waals surface area (Å²) in [5.74, 6) is -1.61. The number of nitrogens with one attached hydrogen (secondary N) is 1. The monoisotopic (exact) mass is 215 g/mol. The van der Waals surface area contributed by atoms with E-state index in [1.54, 1.807) is 0 Å². The van der Waals surface area contributed by atoms with Crippen molar-refractivity contribution in [2.45, 2.75) is 38.6 Å². The van der Waals surface area contributed by atoms with Crippen LogP contribution in [0.2, 0.25) is 0 Å². The van der Waals surface area contributed by atoms with E-state index >= 15 is 0 Å². The Morgan fingerprint density at radius 1 is 1.40 bits per heavy atom. The van der Waals surface area contributed by atoms with Crippen molar-refractivity contribution < 1.29 is 19.5 Å². The number of hydrogen-bond acceptors (Lipinski definition) is 4. The van der Waals surface area contributed by atoms with E-state index in [2.05, 4.69) is 5.32 Å². The van der Waals surface area contributed by atoms with Crippen molar-refractivity contribution in [3.63, 3.8) is 0 Å². The van der Waals surface area contributed by atoms with Crippen LogP contribution < -0.4 is 5.32 Å². The zero-order chi connectivity index (χ0) is 11.7. The van der Waals surface area contributed by atoms with Crippen LogP contribution in [0.15, 0.2) is 0 Å². The highest BCUT2D eigenvalue weighted by Gasteiger charge is 2.17. The molecular weight excluding hydrogens is 198 g/mol. The Kier molecular flexibility index (Phi) is 7.44. The molecule has 0 rings (SSSR count). The maximum absolute atomic E-state index is 11.1. The third-order valence-corrected chi connectivity index (χ3v) is 2.06. The Labute approximate surface area is 88.9 Å². The number of aldehydes is 1. The van der Waals surface area contributed by atoms with Crippen molar-refractivity contribution in [1.82, 2.24) is 5.32 Å². The molecule has 5 nitrogen and oxygen atoms in total. The smallest absolute Gasteiger partial charge is 0.317 e. The van der Waals surface area contributed by atoms with E-state index in [-0.39, 0.29) is 12.8 Å². The highest BCUT2D eigenvalue weighted by molar-refractivity contribution is 6.27. The number of ketones is 1. The van der Waals surface area contributed by atoms with Crippen molar-refractivity contribution in [2.75, 3.05) is 6.54 Å². The molecule has 0 saturated heterocycles. The molecule has 5 heteroatoms. The second-order valence-corrected chi connectivity index (χ2v) is 3.34. The van der Waals surface area contributed by atoms with Crippen LogP contribution in [-0.4, -0.2) is 35.7 Å². The normalized spacial score (nSPS) is 12.1. The fourth-order valence-corrected chi connectivity index (χ4v) is 1.24. The highest BCUT2D eigenvalue weighted by Crippen LogP contribution is 2.03. The van der Waals surface area contributed by atoms with Crippen LogP contribution in [0.25, 0.3) is 0 Å². The number of unbranched alkanes of at least 4 members (excludes halogenated alkanes) is 2. The van der Waals surface area contributed by atoms with Crippen LogP contribution in [-0.2, 0) is 14.4 Å². The molecule has 0 aromatic heterocycles. The Morgan fingerprint density at radius 2 is 2.07 bits per heavy atom. The molecule has 15 heavy (non-hydrogen) atoms. The minimum Gasteiger partial charge on any atom is -0.480 e. The lowest BCUT2D eigenvalue weighted by atomic mass is 10.1. The van der Waals surface area contributed by atoms with E-state index in [4.69, 9.17) is 5.11 Å². The van der Waals surface area contributed by atoms with Crippen LogP contribution >= 0.6 is 0 Å². The minimum atomic E-state index is -1.03. The molecular formula is C10H17NO4. The van der Waals surface area contributed by atoms with Crippen LogP contribution in [0.3, 0.4) is 0 Å². The lowest BCUT2D eigenvalue weighted by molar-refractivity contribution is -0.136. The third kappa shape index (κ3) is 6.79. The third-order valence-electron chi connectivity index (χ3n) is 2.06. The van der Waals surface area contributed by atoms with Gasteiger partial charge in [-0.3, -0.25) is 19.7 Å². The summed E-state index contributed by atoms with van der Waals surface area (Å²) in [6.45, 7) is 1.73. The minimum absolute atomic E-state index is 0.242. The lowest BCUT2D eigenvalue weighted by Gasteiger charge is -2.12. The van der Waals surface area contributed by atoms with E-state index in [9.17, 15) is 14.4 Å². The number of carbonyl (C=O) groups excluding carboxylic acids is 2. The number of carbonyl (C=O) groups is 3. The fourth-order valence-electron chi connectivity index (χ4n) is 1.24. The summed E-state index contributed by atoms with van der Waals surface area (Å²) in [7, 11) is 0. The largest absolute Gasteiger partial charge is 0.480 e. The zero-order valence-electron chi connectivity index (χ0n) is 8.86. The lowest BCUT2D eigenvalue weighted by Crippen LogP contribution is -2.40. The van der Waals surface area contributed by atoms with Gasteiger partial charge in [0.15, 0.2) is 6.29 Å². The second kappa shape index (κ2) is 8.11. The van der Waals surface area contributed by atoms with Crippen molar-refractivity contribution >= 4 is 18.0 Å². The molecule has 0 aliphatic heterocycles. The Bertz CT molecular complexity index is 227. The number of carboxylic acids is 1. The quantitative estimate of drug-likeness (QED) is 0.330. The summed E-state index contributed by atoms with van der Waals surface area (Å²) >= 11 is 0. The molecule has 0 heterocycles. The number of carboxylic acid groups (broad SMARTS) is 1. The standard InChI is InChI=1S/C10H17NO4/c1-2-3-4-5-8(9(13)7-12)11-6-10(14)15/h7-8,11H,2-6H2,1H3,(H,14,15). The molecule has 0 bridgehead atoms.